The fraction of sp³-hybridized carbons (Fsp3) is 0.682. The first-order valence-corrected chi connectivity index (χ1v) is 10.4. The third-order valence-electron chi connectivity index (χ3n) is 5.92. The second-order valence-corrected chi connectivity index (χ2v) is 8.27. The van der Waals surface area contributed by atoms with Gasteiger partial charge >= 0.3 is 0 Å². The molecular weight excluding hydrogens is 322 g/mol. The van der Waals surface area contributed by atoms with Crippen LogP contribution in [0.4, 0.5) is 0 Å². The van der Waals surface area contributed by atoms with Gasteiger partial charge in [0, 0.05) is 37.6 Å². The fourth-order valence-corrected chi connectivity index (χ4v) is 4.22. The van der Waals surface area contributed by atoms with Crippen LogP contribution >= 0.6 is 0 Å². The number of nitrogens with zero attached hydrogens (tertiary/aromatic N) is 2. The zero-order chi connectivity index (χ0) is 18.4. The monoisotopic (exact) mass is 357 g/mol. The lowest BCUT2D eigenvalue weighted by Gasteiger charge is -2.38. The Kier molecular flexibility index (Phi) is 7.09. The number of benzene rings is 1. The van der Waals surface area contributed by atoms with E-state index in [1.807, 2.05) is 13.8 Å². The molecule has 0 radical (unpaired) electrons. The molecule has 1 amide bonds. The summed E-state index contributed by atoms with van der Waals surface area (Å²) in [6, 6.07) is 12.0. The van der Waals surface area contributed by atoms with Crippen molar-refractivity contribution >= 4 is 5.91 Å². The standard InChI is InChI=1S/C22H35N3O/c1-18(2)22(26)25-16-11-21(12-17-25)23-20-9-14-24(15-10-20)13-8-19-6-4-3-5-7-19/h3-7,18,20-21,23H,8-17H2,1-2H3. The van der Waals surface area contributed by atoms with Gasteiger partial charge in [-0.05, 0) is 50.8 Å². The van der Waals surface area contributed by atoms with Crippen molar-refractivity contribution in [1.82, 2.24) is 15.1 Å². The van der Waals surface area contributed by atoms with Crippen molar-refractivity contribution in [2.45, 2.75) is 58.0 Å². The van der Waals surface area contributed by atoms with Gasteiger partial charge in [-0.15, -0.1) is 0 Å². The molecule has 0 saturated carbocycles. The van der Waals surface area contributed by atoms with Crippen LogP contribution in [0, 0.1) is 5.92 Å². The van der Waals surface area contributed by atoms with E-state index in [4.69, 9.17) is 0 Å². The van der Waals surface area contributed by atoms with Crippen molar-refractivity contribution in [1.29, 1.82) is 0 Å². The van der Waals surface area contributed by atoms with Gasteiger partial charge < -0.3 is 15.1 Å². The Morgan fingerprint density at radius 1 is 1.00 bits per heavy atom. The summed E-state index contributed by atoms with van der Waals surface area (Å²) >= 11 is 0. The maximum Gasteiger partial charge on any atom is 0.225 e. The molecule has 144 valence electrons. The number of nitrogens with one attached hydrogen (secondary N) is 1. The summed E-state index contributed by atoms with van der Waals surface area (Å²) in [6.07, 6.45) is 5.86. The summed E-state index contributed by atoms with van der Waals surface area (Å²) in [5.74, 6) is 0.440. The molecule has 0 aliphatic carbocycles. The van der Waals surface area contributed by atoms with E-state index in [-0.39, 0.29) is 5.92 Å². The lowest BCUT2D eigenvalue weighted by Crippen LogP contribution is -2.51. The first kappa shape index (κ1) is 19.4. The van der Waals surface area contributed by atoms with Gasteiger partial charge in [-0.3, -0.25) is 4.79 Å². The molecule has 2 aliphatic heterocycles. The molecule has 4 heteroatoms. The van der Waals surface area contributed by atoms with Gasteiger partial charge in [-0.1, -0.05) is 44.2 Å². The number of amides is 1. The van der Waals surface area contributed by atoms with Gasteiger partial charge in [-0.25, -0.2) is 0 Å². The molecule has 0 atom stereocenters. The van der Waals surface area contributed by atoms with E-state index >= 15 is 0 Å². The Hall–Kier alpha value is -1.39. The third kappa shape index (κ3) is 5.55. The van der Waals surface area contributed by atoms with Crippen molar-refractivity contribution in [2.24, 2.45) is 5.92 Å². The van der Waals surface area contributed by atoms with Gasteiger partial charge in [0.1, 0.15) is 0 Å². The molecule has 2 fully saturated rings. The quantitative estimate of drug-likeness (QED) is 0.850. The minimum atomic E-state index is 0.125. The Labute approximate surface area is 158 Å². The molecule has 26 heavy (non-hydrogen) atoms. The molecule has 0 unspecified atom stereocenters. The highest BCUT2D eigenvalue weighted by atomic mass is 16.2. The minimum absolute atomic E-state index is 0.125. The fourth-order valence-electron chi connectivity index (χ4n) is 4.22. The number of rotatable bonds is 6. The first-order valence-electron chi connectivity index (χ1n) is 10.4. The summed E-state index contributed by atoms with van der Waals surface area (Å²) in [7, 11) is 0. The maximum absolute atomic E-state index is 12.1. The van der Waals surface area contributed by atoms with Crippen molar-refractivity contribution in [2.75, 3.05) is 32.7 Å². The van der Waals surface area contributed by atoms with E-state index in [2.05, 4.69) is 45.4 Å². The molecule has 3 rings (SSSR count). The number of hydrogen-bond acceptors (Lipinski definition) is 3. The largest absolute Gasteiger partial charge is 0.342 e. The molecule has 0 spiro atoms. The second-order valence-electron chi connectivity index (χ2n) is 8.27. The highest BCUT2D eigenvalue weighted by molar-refractivity contribution is 5.78. The predicted molar refractivity (Wildman–Crippen MR) is 107 cm³/mol. The smallest absolute Gasteiger partial charge is 0.225 e. The predicted octanol–water partition coefficient (Wildman–Crippen LogP) is 2.93. The van der Waals surface area contributed by atoms with Gasteiger partial charge in [-0.2, -0.15) is 0 Å². The van der Waals surface area contributed by atoms with Gasteiger partial charge in [0.05, 0.1) is 0 Å². The van der Waals surface area contributed by atoms with Crippen molar-refractivity contribution < 1.29 is 4.79 Å². The van der Waals surface area contributed by atoms with Crippen LogP contribution < -0.4 is 5.32 Å². The van der Waals surface area contributed by atoms with Crippen molar-refractivity contribution in [3.8, 4) is 0 Å². The molecule has 0 bridgehead atoms. The maximum atomic E-state index is 12.1. The number of piperidine rings is 2. The molecule has 0 aromatic heterocycles. The average Bonchev–Trinajstić information content (AvgIpc) is 2.68. The number of hydrogen-bond donors (Lipinski definition) is 1. The molecule has 2 saturated heterocycles. The summed E-state index contributed by atoms with van der Waals surface area (Å²) < 4.78 is 0. The minimum Gasteiger partial charge on any atom is -0.342 e. The summed E-state index contributed by atoms with van der Waals surface area (Å²) in [5, 5.41) is 3.88. The zero-order valence-electron chi connectivity index (χ0n) is 16.5. The average molecular weight is 358 g/mol. The highest BCUT2D eigenvalue weighted by Crippen LogP contribution is 2.17. The third-order valence-corrected chi connectivity index (χ3v) is 5.92. The molecule has 2 aliphatic rings. The summed E-state index contributed by atoms with van der Waals surface area (Å²) in [4.78, 5) is 16.8. The topological polar surface area (TPSA) is 35.6 Å². The number of carbonyl (C=O) groups excluding carboxylic acids is 1. The second kappa shape index (κ2) is 9.52. The van der Waals surface area contributed by atoms with E-state index < -0.39 is 0 Å². The summed E-state index contributed by atoms with van der Waals surface area (Å²) in [6.45, 7) is 9.42. The lowest BCUT2D eigenvalue weighted by atomic mass is 9.98. The highest BCUT2D eigenvalue weighted by Gasteiger charge is 2.27. The summed E-state index contributed by atoms with van der Waals surface area (Å²) in [5.41, 5.74) is 1.44. The number of carbonyl (C=O) groups is 1. The first-order chi connectivity index (χ1) is 12.6. The van der Waals surface area contributed by atoms with Crippen LogP contribution in [0.1, 0.15) is 45.1 Å². The van der Waals surface area contributed by atoms with Crippen LogP contribution in [-0.4, -0.2) is 60.5 Å². The van der Waals surface area contributed by atoms with Gasteiger partial charge in [0.2, 0.25) is 5.91 Å². The van der Waals surface area contributed by atoms with Crippen LogP contribution in [0.15, 0.2) is 30.3 Å². The van der Waals surface area contributed by atoms with E-state index in [9.17, 15) is 4.79 Å². The van der Waals surface area contributed by atoms with Gasteiger partial charge in [0.25, 0.3) is 0 Å². The van der Waals surface area contributed by atoms with Crippen LogP contribution in [0.3, 0.4) is 0 Å². The molecule has 1 N–H and O–H groups in total. The van der Waals surface area contributed by atoms with Crippen molar-refractivity contribution in [3.05, 3.63) is 35.9 Å². The van der Waals surface area contributed by atoms with E-state index in [0.717, 1.165) is 32.4 Å². The van der Waals surface area contributed by atoms with E-state index in [1.165, 1.54) is 38.0 Å². The zero-order valence-corrected chi connectivity index (χ0v) is 16.5. The van der Waals surface area contributed by atoms with Gasteiger partial charge in [0.15, 0.2) is 0 Å². The molecule has 4 nitrogen and oxygen atoms in total. The van der Waals surface area contributed by atoms with E-state index in [1.54, 1.807) is 0 Å². The normalized spacial score (nSPS) is 20.7. The SMILES string of the molecule is CC(C)C(=O)N1CCC(NC2CCN(CCc3ccccc3)CC2)CC1. The Bertz CT molecular complexity index is 544. The molecule has 2 heterocycles. The van der Waals surface area contributed by atoms with Crippen LogP contribution in [0.25, 0.3) is 0 Å². The Balaban J connectivity index is 1.33. The Morgan fingerprint density at radius 3 is 2.15 bits per heavy atom. The van der Waals surface area contributed by atoms with E-state index in [0.29, 0.717) is 18.0 Å². The molecule has 1 aromatic carbocycles. The van der Waals surface area contributed by atoms with Crippen LogP contribution in [0.2, 0.25) is 0 Å². The van der Waals surface area contributed by atoms with Crippen molar-refractivity contribution in [3.63, 3.8) is 0 Å². The Morgan fingerprint density at radius 2 is 1.58 bits per heavy atom. The molecule has 1 aromatic rings. The lowest BCUT2D eigenvalue weighted by molar-refractivity contribution is -0.135. The van der Waals surface area contributed by atoms with Crippen LogP contribution in [-0.2, 0) is 11.2 Å². The molecular formula is C22H35N3O. The van der Waals surface area contributed by atoms with Crippen LogP contribution in [0.5, 0.6) is 0 Å². The number of likely N-dealkylation sites (tertiary alicyclic amines) is 2.